The van der Waals surface area contributed by atoms with Crippen LogP contribution in [0.4, 0.5) is 0 Å². The Labute approximate surface area is 131 Å². The van der Waals surface area contributed by atoms with Crippen molar-refractivity contribution >= 4 is 11.9 Å². The van der Waals surface area contributed by atoms with Gasteiger partial charge in [0.25, 0.3) is 0 Å². The monoisotopic (exact) mass is 292 g/mol. The van der Waals surface area contributed by atoms with Gasteiger partial charge in [-0.2, -0.15) is 0 Å². The molecule has 1 aliphatic carbocycles. The van der Waals surface area contributed by atoms with Crippen molar-refractivity contribution in [3.05, 3.63) is 71.3 Å². The van der Waals surface area contributed by atoms with Crippen LogP contribution in [0.5, 0.6) is 5.75 Å². The standard InChI is InChI=1S/C20H20O2/c1-22-20-10-6-5-9-18(20)13-17-12-11-16(14-19(17)21)15-7-3-2-4-8-15/h2-10,13,16H,11-12,14H2,1H3/b17-13-. The van der Waals surface area contributed by atoms with Gasteiger partial charge in [-0.05, 0) is 42.0 Å². The second-order valence-electron chi connectivity index (χ2n) is 5.69. The third kappa shape index (κ3) is 3.11. The highest BCUT2D eigenvalue weighted by Crippen LogP contribution is 2.34. The molecule has 2 nitrogen and oxygen atoms in total. The normalized spacial score (nSPS) is 20.1. The minimum atomic E-state index is 0.256. The van der Waals surface area contributed by atoms with Crippen LogP contribution < -0.4 is 4.74 Å². The lowest BCUT2D eigenvalue weighted by atomic mass is 9.80. The average molecular weight is 292 g/mol. The van der Waals surface area contributed by atoms with Gasteiger partial charge in [-0.3, -0.25) is 4.79 Å². The molecular formula is C20H20O2. The predicted octanol–water partition coefficient (Wildman–Crippen LogP) is 4.62. The average Bonchev–Trinajstić information content (AvgIpc) is 2.58. The van der Waals surface area contributed by atoms with E-state index < -0.39 is 0 Å². The molecule has 0 heterocycles. The van der Waals surface area contributed by atoms with Gasteiger partial charge in [0, 0.05) is 12.0 Å². The van der Waals surface area contributed by atoms with Gasteiger partial charge in [0.1, 0.15) is 5.75 Å². The number of methoxy groups -OCH3 is 1. The van der Waals surface area contributed by atoms with E-state index in [0.717, 1.165) is 29.7 Å². The van der Waals surface area contributed by atoms with Crippen molar-refractivity contribution in [2.45, 2.75) is 25.2 Å². The first-order valence-corrected chi connectivity index (χ1v) is 7.69. The van der Waals surface area contributed by atoms with Crippen molar-refractivity contribution in [3.63, 3.8) is 0 Å². The molecule has 0 aromatic heterocycles. The molecule has 1 saturated carbocycles. The zero-order valence-electron chi connectivity index (χ0n) is 12.8. The molecule has 0 aliphatic heterocycles. The summed E-state index contributed by atoms with van der Waals surface area (Å²) in [6.45, 7) is 0. The van der Waals surface area contributed by atoms with Crippen LogP contribution in [0.3, 0.4) is 0 Å². The van der Waals surface area contributed by atoms with Gasteiger partial charge in [0.2, 0.25) is 0 Å². The fourth-order valence-corrected chi connectivity index (χ4v) is 3.06. The van der Waals surface area contributed by atoms with Crippen LogP contribution in [0.2, 0.25) is 0 Å². The summed E-state index contributed by atoms with van der Waals surface area (Å²) in [5.74, 6) is 1.42. The predicted molar refractivity (Wildman–Crippen MR) is 89.0 cm³/mol. The Hall–Kier alpha value is -2.35. The van der Waals surface area contributed by atoms with E-state index in [9.17, 15) is 4.79 Å². The van der Waals surface area contributed by atoms with Gasteiger partial charge < -0.3 is 4.74 Å². The fourth-order valence-electron chi connectivity index (χ4n) is 3.06. The van der Waals surface area contributed by atoms with E-state index in [1.807, 2.05) is 48.5 Å². The lowest BCUT2D eigenvalue weighted by molar-refractivity contribution is -0.116. The molecule has 2 heteroatoms. The summed E-state index contributed by atoms with van der Waals surface area (Å²) in [4.78, 5) is 12.5. The number of carbonyl (C=O) groups is 1. The summed E-state index contributed by atoms with van der Waals surface area (Å²) in [6.07, 6.45) is 4.44. The van der Waals surface area contributed by atoms with Crippen LogP contribution >= 0.6 is 0 Å². The Bertz CT molecular complexity index is 686. The Morgan fingerprint density at radius 1 is 1.05 bits per heavy atom. The molecule has 2 aromatic carbocycles. The van der Waals surface area contributed by atoms with E-state index >= 15 is 0 Å². The maximum Gasteiger partial charge on any atom is 0.159 e. The van der Waals surface area contributed by atoms with Crippen LogP contribution in [0.15, 0.2) is 60.2 Å². The highest BCUT2D eigenvalue weighted by molar-refractivity contribution is 6.01. The van der Waals surface area contributed by atoms with Crippen molar-refractivity contribution in [3.8, 4) is 5.75 Å². The SMILES string of the molecule is COc1ccccc1/C=C1/CCC(c2ccccc2)CC1=O. The molecule has 1 atom stereocenters. The van der Waals surface area contributed by atoms with Crippen LogP contribution in [0, 0.1) is 0 Å². The number of ketones is 1. The molecule has 1 aliphatic rings. The molecule has 0 bridgehead atoms. The summed E-state index contributed by atoms with van der Waals surface area (Å²) in [6, 6.07) is 18.2. The van der Waals surface area contributed by atoms with Crippen molar-refractivity contribution in [2.24, 2.45) is 0 Å². The molecule has 1 fully saturated rings. The summed E-state index contributed by atoms with van der Waals surface area (Å²) in [5, 5.41) is 0. The first-order valence-electron chi connectivity index (χ1n) is 7.69. The molecule has 22 heavy (non-hydrogen) atoms. The van der Waals surface area contributed by atoms with Crippen molar-refractivity contribution in [2.75, 3.05) is 7.11 Å². The Morgan fingerprint density at radius 2 is 1.77 bits per heavy atom. The van der Waals surface area contributed by atoms with E-state index in [-0.39, 0.29) is 5.78 Å². The van der Waals surface area contributed by atoms with Crippen LogP contribution in [0.1, 0.15) is 36.3 Å². The zero-order chi connectivity index (χ0) is 15.4. The molecule has 0 spiro atoms. The summed E-state index contributed by atoms with van der Waals surface area (Å²) in [7, 11) is 1.66. The number of hydrogen-bond donors (Lipinski definition) is 0. The van der Waals surface area contributed by atoms with Gasteiger partial charge in [0.05, 0.1) is 7.11 Å². The van der Waals surface area contributed by atoms with Crippen LogP contribution in [-0.4, -0.2) is 12.9 Å². The molecule has 112 valence electrons. The zero-order valence-corrected chi connectivity index (χ0v) is 12.8. The van der Waals surface area contributed by atoms with Gasteiger partial charge in [-0.1, -0.05) is 48.5 Å². The fraction of sp³-hybridized carbons (Fsp3) is 0.250. The van der Waals surface area contributed by atoms with Crippen molar-refractivity contribution < 1.29 is 9.53 Å². The van der Waals surface area contributed by atoms with Crippen molar-refractivity contribution in [1.82, 2.24) is 0 Å². The molecular weight excluding hydrogens is 272 g/mol. The molecule has 3 rings (SSSR count). The largest absolute Gasteiger partial charge is 0.496 e. The number of Topliss-reactive ketones (excluding diaryl/α,β-unsaturated/α-hetero) is 1. The maximum atomic E-state index is 12.5. The topological polar surface area (TPSA) is 26.3 Å². The van der Waals surface area contributed by atoms with Gasteiger partial charge in [0.15, 0.2) is 5.78 Å². The highest BCUT2D eigenvalue weighted by atomic mass is 16.5. The number of rotatable bonds is 3. The first-order chi connectivity index (χ1) is 10.8. The molecule has 0 saturated heterocycles. The van der Waals surface area contributed by atoms with E-state index in [2.05, 4.69) is 12.1 Å². The van der Waals surface area contributed by atoms with Crippen molar-refractivity contribution in [1.29, 1.82) is 0 Å². The Morgan fingerprint density at radius 3 is 2.50 bits per heavy atom. The van der Waals surface area contributed by atoms with Crippen LogP contribution in [0.25, 0.3) is 6.08 Å². The second-order valence-corrected chi connectivity index (χ2v) is 5.69. The number of allylic oxidation sites excluding steroid dienone is 1. The Kier molecular flexibility index (Phi) is 4.38. The van der Waals surface area contributed by atoms with Gasteiger partial charge >= 0.3 is 0 Å². The van der Waals surface area contributed by atoms with Gasteiger partial charge in [-0.25, -0.2) is 0 Å². The summed E-state index contributed by atoms with van der Waals surface area (Å²) < 4.78 is 5.36. The lowest BCUT2D eigenvalue weighted by Gasteiger charge is -2.23. The highest BCUT2D eigenvalue weighted by Gasteiger charge is 2.24. The van der Waals surface area contributed by atoms with Gasteiger partial charge in [-0.15, -0.1) is 0 Å². The molecule has 2 aromatic rings. The summed E-state index contributed by atoms with van der Waals surface area (Å²) >= 11 is 0. The number of hydrogen-bond acceptors (Lipinski definition) is 2. The molecule has 0 radical (unpaired) electrons. The number of para-hydroxylation sites is 1. The van der Waals surface area contributed by atoms with E-state index in [4.69, 9.17) is 4.74 Å². The first kappa shape index (κ1) is 14.6. The molecule has 0 N–H and O–H groups in total. The summed E-state index contributed by atoms with van der Waals surface area (Å²) in [5.41, 5.74) is 3.16. The third-order valence-corrected chi connectivity index (χ3v) is 4.29. The minimum Gasteiger partial charge on any atom is -0.496 e. The smallest absolute Gasteiger partial charge is 0.159 e. The quantitative estimate of drug-likeness (QED) is 0.772. The second kappa shape index (κ2) is 6.61. The number of ether oxygens (including phenoxy) is 1. The maximum absolute atomic E-state index is 12.5. The van der Waals surface area contributed by atoms with Crippen LogP contribution in [-0.2, 0) is 4.79 Å². The van der Waals surface area contributed by atoms with E-state index in [1.165, 1.54) is 5.56 Å². The molecule has 0 amide bonds. The lowest BCUT2D eigenvalue weighted by Crippen LogP contribution is -2.16. The number of benzene rings is 2. The minimum absolute atomic E-state index is 0.256. The Balaban J connectivity index is 1.78. The van der Waals surface area contributed by atoms with E-state index in [0.29, 0.717) is 12.3 Å². The number of carbonyl (C=O) groups excluding carboxylic acids is 1. The third-order valence-electron chi connectivity index (χ3n) is 4.29. The molecule has 1 unspecified atom stereocenters. The van der Waals surface area contributed by atoms with E-state index in [1.54, 1.807) is 7.11 Å².